The number of alkyl halides is 15. The van der Waals surface area contributed by atoms with Crippen molar-refractivity contribution in [1.82, 2.24) is 0 Å². The summed E-state index contributed by atoms with van der Waals surface area (Å²) in [5.74, 6) is -47.0. The van der Waals surface area contributed by atoms with Crippen molar-refractivity contribution in [3.63, 3.8) is 0 Å². The van der Waals surface area contributed by atoms with Crippen molar-refractivity contribution < 1.29 is 80.8 Å². The van der Waals surface area contributed by atoms with E-state index >= 15 is 0 Å². The molecule has 0 amide bonds. The van der Waals surface area contributed by atoms with E-state index in [2.05, 4.69) is 4.74 Å². The van der Waals surface area contributed by atoms with Crippen LogP contribution in [0.1, 0.15) is 0 Å². The van der Waals surface area contributed by atoms with E-state index in [1.807, 2.05) is 0 Å². The summed E-state index contributed by atoms with van der Waals surface area (Å²) in [7, 11) is 0. The largest absolute Gasteiger partial charge is 0.394 e. The monoisotopic (exact) mass is 474 g/mol. The molecule has 2 atom stereocenters. The predicted molar refractivity (Wildman–Crippen MR) is 59.6 cm³/mol. The lowest BCUT2D eigenvalue weighted by molar-refractivity contribution is -0.443. The van der Waals surface area contributed by atoms with Crippen molar-refractivity contribution in [2.45, 2.75) is 54.4 Å². The lowest BCUT2D eigenvalue weighted by atomic mass is 9.91. The van der Waals surface area contributed by atoms with E-state index in [0.717, 1.165) is 0 Å². The molecule has 0 aliphatic rings. The Morgan fingerprint density at radius 2 is 0.966 bits per heavy atom. The number of rotatable bonds is 11. The minimum atomic E-state index is -8.27. The van der Waals surface area contributed by atoms with Gasteiger partial charge in [-0.25, -0.2) is 13.2 Å². The summed E-state index contributed by atoms with van der Waals surface area (Å²) in [5.41, 5.74) is 0. The van der Waals surface area contributed by atoms with Crippen molar-refractivity contribution in [2.24, 2.45) is 0 Å². The summed E-state index contributed by atoms with van der Waals surface area (Å²) >= 11 is 0. The van der Waals surface area contributed by atoms with Crippen LogP contribution in [0.15, 0.2) is 0 Å². The molecule has 0 bridgehead atoms. The average Bonchev–Trinajstić information content (AvgIpc) is 2.57. The minimum Gasteiger partial charge on any atom is -0.394 e. The second-order valence-corrected chi connectivity index (χ2v) is 5.33. The van der Waals surface area contributed by atoms with Crippen LogP contribution >= 0.6 is 0 Å². The summed E-state index contributed by atoms with van der Waals surface area (Å²) in [5, 5.41) is 16.9. The van der Waals surface area contributed by atoms with Crippen molar-refractivity contribution in [1.29, 1.82) is 0 Å². The molecule has 29 heavy (non-hydrogen) atoms. The van der Waals surface area contributed by atoms with Crippen LogP contribution < -0.4 is 0 Å². The van der Waals surface area contributed by atoms with Gasteiger partial charge >= 0.3 is 42.0 Å². The third-order valence-corrected chi connectivity index (χ3v) is 3.23. The molecule has 0 fully saturated rings. The van der Waals surface area contributed by atoms with Crippen molar-refractivity contribution in [3.8, 4) is 0 Å². The van der Waals surface area contributed by atoms with Crippen molar-refractivity contribution >= 4 is 0 Å². The van der Waals surface area contributed by atoms with Gasteiger partial charge in [0.2, 0.25) is 0 Å². The molecule has 3 nitrogen and oxygen atoms in total. The highest BCUT2D eigenvalue weighted by molar-refractivity contribution is 5.12. The summed E-state index contributed by atoms with van der Waals surface area (Å²) in [4.78, 5) is 0. The lowest BCUT2D eigenvalue weighted by Crippen LogP contribution is -2.72. The maximum atomic E-state index is 13.3. The van der Waals surface area contributed by atoms with Crippen LogP contribution in [0.3, 0.4) is 0 Å². The summed E-state index contributed by atoms with van der Waals surface area (Å²) < 4.78 is 197. The van der Waals surface area contributed by atoms with Crippen LogP contribution in [0, 0.1) is 0 Å². The first kappa shape index (κ1) is 27.8. The van der Waals surface area contributed by atoms with E-state index in [1.165, 1.54) is 0 Å². The Morgan fingerprint density at radius 1 is 0.621 bits per heavy atom. The molecule has 0 saturated carbocycles. The maximum absolute atomic E-state index is 13.3. The van der Waals surface area contributed by atoms with E-state index in [0.29, 0.717) is 0 Å². The molecule has 2 N–H and O–H groups in total. The van der Waals surface area contributed by atoms with Crippen LogP contribution in [0.5, 0.6) is 0 Å². The smallest absolute Gasteiger partial charge is 0.384 e. The van der Waals surface area contributed by atoms with Gasteiger partial charge in [0.05, 0.1) is 13.2 Å². The van der Waals surface area contributed by atoms with Gasteiger partial charge in [0.25, 0.3) is 6.36 Å². The summed E-state index contributed by atoms with van der Waals surface area (Å²) in [6.07, 6.45) is -13.1. The lowest BCUT2D eigenvalue weighted by Gasteiger charge is -2.41. The summed E-state index contributed by atoms with van der Waals surface area (Å²) in [6, 6.07) is 0. The minimum absolute atomic E-state index is 1.39. The first-order valence-corrected chi connectivity index (χ1v) is 6.67. The fourth-order valence-corrected chi connectivity index (χ4v) is 1.45. The number of ether oxygens (including phenoxy) is 1. The zero-order valence-electron chi connectivity index (χ0n) is 13.1. The molecule has 0 radical (unpaired) electrons. The molecule has 2 unspecified atom stereocenters. The molecule has 0 heterocycles. The third-order valence-electron chi connectivity index (χ3n) is 3.23. The van der Waals surface area contributed by atoms with E-state index in [1.54, 1.807) is 0 Å². The number of aliphatic hydroxyl groups excluding tert-OH is 2. The molecule has 176 valence electrons. The molecule has 0 rings (SSSR count). The Hall–Kier alpha value is -1.17. The standard InChI is InChI=1S/C11H9F15O3/c12-4(13)6(15,16)8(19,20)10(23,24)11(25,26)9(21,22)7(17,18)5(14)29-2-3(28)1-27/h3-5,27-28H,1-2H2. The van der Waals surface area contributed by atoms with E-state index in [4.69, 9.17) is 10.2 Å². The summed E-state index contributed by atoms with van der Waals surface area (Å²) in [6.45, 7) is -3.22. The SMILES string of the molecule is OCC(O)COC(F)C(F)(F)C(F)(F)C(F)(F)C(F)(F)C(F)(F)C(F)(F)C(F)F. The molecular formula is C11H9F15O3. The van der Waals surface area contributed by atoms with Crippen LogP contribution in [0.4, 0.5) is 65.9 Å². The molecule has 0 saturated heterocycles. The zero-order valence-corrected chi connectivity index (χ0v) is 13.1. The van der Waals surface area contributed by atoms with Crippen LogP contribution in [-0.4, -0.2) is 77.8 Å². The van der Waals surface area contributed by atoms with Crippen molar-refractivity contribution in [2.75, 3.05) is 13.2 Å². The van der Waals surface area contributed by atoms with Gasteiger partial charge in [0, 0.05) is 0 Å². The molecule has 0 aromatic rings. The number of halogens is 15. The van der Waals surface area contributed by atoms with Crippen LogP contribution in [0.2, 0.25) is 0 Å². The van der Waals surface area contributed by atoms with Gasteiger partial charge in [-0.05, 0) is 0 Å². The molecule has 0 spiro atoms. The molecule has 0 aromatic carbocycles. The number of hydrogen-bond donors (Lipinski definition) is 2. The number of aliphatic hydroxyl groups is 2. The van der Waals surface area contributed by atoms with Gasteiger partial charge in [-0.1, -0.05) is 0 Å². The van der Waals surface area contributed by atoms with Crippen molar-refractivity contribution in [3.05, 3.63) is 0 Å². The van der Waals surface area contributed by atoms with E-state index in [9.17, 15) is 65.9 Å². The Labute approximate surface area is 150 Å². The zero-order chi connectivity index (χ0) is 23.9. The van der Waals surface area contributed by atoms with Gasteiger partial charge in [-0.2, -0.15) is 52.7 Å². The van der Waals surface area contributed by atoms with Gasteiger partial charge < -0.3 is 14.9 Å². The fourth-order valence-electron chi connectivity index (χ4n) is 1.45. The molecule has 0 aromatic heterocycles. The van der Waals surface area contributed by atoms with Gasteiger partial charge in [0.1, 0.15) is 6.10 Å². The Morgan fingerprint density at radius 3 is 1.28 bits per heavy atom. The first-order chi connectivity index (χ1) is 12.6. The number of hydrogen-bond acceptors (Lipinski definition) is 3. The predicted octanol–water partition coefficient (Wildman–Crippen LogP) is 3.73. The molecular weight excluding hydrogens is 465 g/mol. The third kappa shape index (κ3) is 4.19. The second-order valence-electron chi connectivity index (χ2n) is 5.33. The Kier molecular flexibility index (Phi) is 7.83. The topological polar surface area (TPSA) is 49.7 Å². The van der Waals surface area contributed by atoms with Crippen LogP contribution in [-0.2, 0) is 4.74 Å². The average molecular weight is 474 g/mol. The van der Waals surface area contributed by atoms with Gasteiger partial charge in [0.15, 0.2) is 0 Å². The Bertz CT molecular complexity index is 550. The highest BCUT2D eigenvalue weighted by Crippen LogP contribution is 2.61. The van der Waals surface area contributed by atoms with E-state index < -0.39 is 67.6 Å². The highest BCUT2D eigenvalue weighted by atomic mass is 19.4. The highest BCUT2D eigenvalue weighted by Gasteiger charge is 2.92. The normalized spacial score (nSPS) is 17.6. The Balaban J connectivity index is 6.17. The molecule has 0 aliphatic carbocycles. The van der Waals surface area contributed by atoms with E-state index in [-0.39, 0.29) is 0 Å². The molecule has 18 heteroatoms. The fraction of sp³-hybridized carbons (Fsp3) is 1.00. The maximum Gasteiger partial charge on any atom is 0.384 e. The van der Waals surface area contributed by atoms with Gasteiger partial charge in [-0.3, -0.25) is 0 Å². The molecule has 0 aliphatic heterocycles. The van der Waals surface area contributed by atoms with Gasteiger partial charge in [-0.15, -0.1) is 0 Å². The van der Waals surface area contributed by atoms with Crippen LogP contribution in [0.25, 0.3) is 0 Å². The first-order valence-electron chi connectivity index (χ1n) is 6.67. The second kappa shape index (κ2) is 8.16. The quantitative estimate of drug-likeness (QED) is 0.449.